The van der Waals surface area contributed by atoms with Crippen molar-refractivity contribution in [2.75, 3.05) is 53.5 Å². The number of aryl methyl sites for hydroxylation is 2. The molecule has 0 saturated carbocycles. The molecule has 0 radical (unpaired) electrons. The molecule has 1 saturated heterocycles. The molecule has 1 aliphatic rings. The van der Waals surface area contributed by atoms with E-state index in [2.05, 4.69) is 4.90 Å². The summed E-state index contributed by atoms with van der Waals surface area (Å²) >= 11 is 0. The van der Waals surface area contributed by atoms with Gasteiger partial charge in [0, 0.05) is 26.1 Å². The largest absolute Gasteiger partial charge is 0.493 e. The van der Waals surface area contributed by atoms with Crippen LogP contribution in [0.3, 0.4) is 0 Å². The van der Waals surface area contributed by atoms with Gasteiger partial charge in [0.2, 0.25) is 11.8 Å². The zero-order valence-corrected chi connectivity index (χ0v) is 25.3. The Hall–Kier alpha value is -3.78. The molecule has 0 aliphatic carbocycles. The number of carbonyl (C=O) groups is 2. The molecule has 1 fully saturated rings. The van der Waals surface area contributed by atoms with Crippen LogP contribution in [0.1, 0.15) is 48.3 Å². The van der Waals surface area contributed by atoms with Crippen LogP contribution in [0.4, 0.5) is 0 Å². The highest BCUT2D eigenvalue weighted by atomic mass is 16.5. The lowest BCUT2D eigenvalue weighted by Crippen LogP contribution is -2.46. The molecule has 8 heteroatoms. The molecule has 2 aromatic carbocycles. The molecular weight excluding hydrogens is 530 g/mol. The van der Waals surface area contributed by atoms with Gasteiger partial charge in [-0.05, 0) is 81.1 Å². The summed E-state index contributed by atoms with van der Waals surface area (Å²) in [7, 11) is 3.23. The number of furan rings is 1. The molecular formula is C34H45N3O5. The molecule has 2 amide bonds. The molecule has 0 N–H and O–H groups in total. The van der Waals surface area contributed by atoms with Crippen LogP contribution >= 0.6 is 0 Å². The van der Waals surface area contributed by atoms with Gasteiger partial charge in [0.1, 0.15) is 11.5 Å². The van der Waals surface area contributed by atoms with E-state index in [0.717, 1.165) is 42.3 Å². The van der Waals surface area contributed by atoms with Crippen molar-refractivity contribution < 1.29 is 23.5 Å². The van der Waals surface area contributed by atoms with Gasteiger partial charge in [0.15, 0.2) is 11.5 Å². The molecule has 1 aliphatic heterocycles. The summed E-state index contributed by atoms with van der Waals surface area (Å²) in [6, 6.07) is 19.7. The van der Waals surface area contributed by atoms with Gasteiger partial charge in [-0.15, -0.1) is 0 Å². The van der Waals surface area contributed by atoms with E-state index in [1.807, 2.05) is 67.6 Å². The summed E-state index contributed by atoms with van der Waals surface area (Å²) in [6.07, 6.45) is 5.29. The molecule has 0 unspecified atom stereocenters. The molecule has 42 heavy (non-hydrogen) atoms. The maximum atomic E-state index is 13.9. The molecule has 226 valence electrons. The fraction of sp³-hybridized carbons (Fsp3) is 0.471. The topological polar surface area (TPSA) is 75.5 Å². The predicted octanol–water partition coefficient (Wildman–Crippen LogP) is 5.12. The van der Waals surface area contributed by atoms with Crippen LogP contribution in [0.25, 0.3) is 0 Å². The van der Waals surface area contributed by atoms with E-state index in [1.165, 1.54) is 19.3 Å². The Balaban J connectivity index is 1.46. The summed E-state index contributed by atoms with van der Waals surface area (Å²) in [6.45, 7) is 6.20. The number of rotatable bonds is 15. The van der Waals surface area contributed by atoms with Crippen molar-refractivity contribution in [1.82, 2.24) is 14.7 Å². The van der Waals surface area contributed by atoms with Crippen LogP contribution in [0.2, 0.25) is 0 Å². The predicted molar refractivity (Wildman–Crippen MR) is 164 cm³/mol. The molecule has 0 atom stereocenters. The number of hydrogen-bond acceptors (Lipinski definition) is 6. The van der Waals surface area contributed by atoms with Gasteiger partial charge in [-0.2, -0.15) is 0 Å². The summed E-state index contributed by atoms with van der Waals surface area (Å²) in [5.41, 5.74) is 2.15. The van der Waals surface area contributed by atoms with E-state index < -0.39 is 0 Å². The van der Waals surface area contributed by atoms with Gasteiger partial charge in [-0.3, -0.25) is 9.59 Å². The SMILES string of the molecule is COc1ccc(CCN(Cc2ccc(C)o2)C(=O)CN(CCN2CCCCC2)C(=O)CCc2ccccc2)cc1OC. The van der Waals surface area contributed by atoms with Crippen molar-refractivity contribution in [3.05, 3.63) is 83.3 Å². The van der Waals surface area contributed by atoms with E-state index in [1.54, 1.807) is 24.0 Å². The maximum Gasteiger partial charge on any atom is 0.242 e. The van der Waals surface area contributed by atoms with Crippen LogP contribution in [0, 0.1) is 6.92 Å². The molecule has 0 bridgehead atoms. The quantitative estimate of drug-likeness (QED) is 0.250. The number of likely N-dealkylation sites (tertiary alicyclic amines) is 1. The smallest absolute Gasteiger partial charge is 0.242 e. The number of benzene rings is 2. The van der Waals surface area contributed by atoms with Gasteiger partial charge in [-0.1, -0.05) is 42.8 Å². The van der Waals surface area contributed by atoms with E-state index in [4.69, 9.17) is 13.9 Å². The number of nitrogens with zero attached hydrogens (tertiary/aromatic N) is 3. The van der Waals surface area contributed by atoms with Crippen LogP contribution in [0.15, 0.2) is 65.1 Å². The fourth-order valence-corrected chi connectivity index (χ4v) is 5.40. The third-order valence-corrected chi connectivity index (χ3v) is 7.90. The summed E-state index contributed by atoms with van der Waals surface area (Å²) in [4.78, 5) is 33.4. The van der Waals surface area contributed by atoms with Gasteiger partial charge in [-0.25, -0.2) is 0 Å². The van der Waals surface area contributed by atoms with Crippen LogP contribution in [-0.4, -0.2) is 80.0 Å². The average molecular weight is 576 g/mol. The van der Waals surface area contributed by atoms with E-state index in [0.29, 0.717) is 50.4 Å². The third-order valence-electron chi connectivity index (χ3n) is 7.90. The lowest BCUT2D eigenvalue weighted by Gasteiger charge is -2.31. The lowest BCUT2D eigenvalue weighted by atomic mass is 10.1. The summed E-state index contributed by atoms with van der Waals surface area (Å²) in [5.74, 6) is 2.77. The van der Waals surface area contributed by atoms with Crippen molar-refractivity contribution in [3.8, 4) is 11.5 Å². The number of carbonyl (C=O) groups excluding carboxylic acids is 2. The van der Waals surface area contributed by atoms with Crippen molar-refractivity contribution >= 4 is 11.8 Å². The Kier molecular flexibility index (Phi) is 11.9. The number of amides is 2. The fourth-order valence-electron chi connectivity index (χ4n) is 5.40. The van der Waals surface area contributed by atoms with Crippen molar-refractivity contribution in [2.24, 2.45) is 0 Å². The number of methoxy groups -OCH3 is 2. The van der Waals surface area contributed by atoms with Gasteiger partial charge in [0.05, 0.1) is 27.3 Å². The highest BCUT2D eigenvalue weighted by Gasteiger charge is 2.23. The first-order chi connectivity index (χ1) is 20.4. The van der Waals surface area contributed by atoms with Gasteiger partial charge < -0.3 is 28.6 Å². The molecule has 3 aromatic rings. The summed E-state index contributed by atoms with van der Waals surface area (Å²) in [5, 5.41) is 0. The standard InChI is InChI=1S/C34H45N3O5/c1-27-12-15-30(42-27)25-36(21-18-29-13-16-31(40-2)32(24-29)41-3)34(39)26-37(23-22-35-19-8-5-9-20-35)33(38)17-14-28-10-6-4-7-11-28/h4,6-7,10-13,15-16,24H,5,8-9,14,17-23,25-26H2,1-3H3. The van der Waals surface area contributed by atoms with Crippen LogP contribution < -0.4 is 9.47 Å². The van der Waals surface area contributed by atoms with E-state index >= 15 is 0 Å². The third kappa shape index (κ3) is 9.38. The van der Waals surface area contributed by atoms with Crippen LogP contribution in [0.5, 0.6) is 11.5 Å². The van der Waals surface area contributed by atoms with Gasteiger partial charge in [0.25, 0.3) is 0 Å². The minimum Gasteiger partial charge on any atom is -0.493 e. The average Bonchev–Trinajstić information content (AvgIpc) is 3.44. The van der Waals surface area contributed by atoms with Crippen molar-refractivity contribution in [2.45, 2.75) is 52.0 Å². The first-order valence-corrected chi connectivity index (χ1v) is 15.0. The second-order valence-corrected chi connectivity index (χ2v) is 11.0. The Labute approximate surface area is 250 Å². The maximum absolute atomic E-state index is 13.9. The monoisotopic (exact) mass is 575 g/mol. The zero-order chi connectivity index (χ0) is 29.7. The van der Waals surface area contributed by atoms with E-state index in [-0.39, 0.29) is 18.4 Å². The highest BCUT2D eigenvalue weighted by molar-refractivity contribution is 5.85. The Morgan fingerprint density at radius 1 is 0.810 bits per heavy atom. The summed E-state index contributed by atoms with van der Waals surface area (Å²) < 4.78 is 16.7. The van der Waals surface area contributed by atoms with Gasteiger partial charge >= 0.3 is 0 Å². The van der Waals surface area contributed by atoms with E-state index in [9.17, 15) is 9.59 Å². The van der Waals surface area contributed by atoms with Crippen molar-refractivity contribution in [1.29, 1.82) is 0 Å². The van der Waals surface area contributed by atoms with Crippen molar-refractivity contribution in [3.63, 3.8) is 0 Å². The Morgan fingerprint density at radius 3 is 2.26 bits per heavy atom. The number of piperidine rings is 1. The number of ether oxygens (including phenoxy) is 2. The second-order valence-electron chi connectivity index (χ2n) is 11.0. The second kappa shape index (κ2) is 16.0. The number of hydrogen-bond donors (Lipinski definition) is 0. The lowest BCUT2D eigenvalue weighted by molar-refractivity contribution is -0.141. The highest BCUT2D eigenvalue weighted by Crippen LogP contribution is 2.28. The molecule has 2 heterocycles. The Bertz CT molecular complexity index is 1270. The Morgan fingerprint density at radius 2 is 1.57 bits per heavy atom. The zero-order valence-electron chi connectivity index (χ0n) is 25.3. The van der Waals surface area contributed by atoms with Crippen LogP contribution in [-0.2, 0) is 29.0 Å². The molecule has 1 aromatic heterocycles. The minimum atomic E-state index is -0.0868. The normalized spacial score (nSPS) is 13.5. The molecule has 8 nitrogen and oxygen atoms in total. The first kappa shape index (κ1) is 31.2. The first-order valence-electron chi connectivity index (χ1n) is 15.0. The minimum absolute atomic E-state index is 0.0119. The molecule has 0 spiro atoms. The molecule has 4 rings (SSSR count).